The van der Waals surface area contributed by atoms with Crippen molar-refractivity contribution in [2.75, 3.05) is 6.61 Å². The Balaban J connectivity index is 2.06. The highest BCUT2D eigenvalue weighted by Crippen LogP contribution is 2.34. The van der Waals surface area contributed by atoms with Gasteiger partial charge in [0.2, 0.25) is 0 Å². The highest BCUT2D eigenvalue weighted by molar-refractivity contribution is 9.10. The Morgan fingerprint density at radius 1 is 1.40 bits per heavy atom. The lowest BCUT2D eigenvalue weighted by Gasteiger charge is -2.24. The molecule has 0 amide bonds. The smallest absolute Gasteiger partial charge is 0.199 e. The van der Waals surface area contributed by atoms with E-state index in [9.17, 15) is 5.11 Å². The first-order chi connectivity index (χ1) is 7.27. The zero-order valence-electron chi connectivity index (χ0n) is 8.28. The van der Waals surface area contributed by atoms with E-state index >= 15 is 0 Å². The third kappa shape index (κ3) is 2.63. The van der Waals surface area contributed by atoms with Crippen LogP contribution in [0.3, 0.4) is 0 Å². The predicted octanol–water partition coefficient (Wildman–Crippen LogP) is 3.06. The Morgan fingerprint density at radius 2 is 2.27 bits per heavy atom. The number of phenols is 1. The van der Waals surface area contributed by atoms with Crippen LogP contribution in [-0.2, 0) is 4.74 Å². The van der Waals surface area contributed by atoms with Gasteiger partial charge in [0.25, 0.3) is 0 Å². The molecule has 4 heteroatoms. The van der Waals surface area contributed by atoms with Crippen LogP contribution in [0.4, 0.5) is 0 Å². The molecule has 3 nitrogen and oxygen atoms in total. The predicted molar refractivity (Wildman–Crippen MR) is 60.0 cm³/mol. The van der Waals surface area contributed by atoms with Gasteiger partial charge in [-0.3, -0.25) is 0 Å². The second kappa shape index (κ2) is 4.86. The van der Waals surface area contributed by atoms with Gasteiger partial charge in [-0.1, -0.05) is 6.07 Å². The Labute approximate surface area is 97.1 Å². The lowest BCUT2D eigenvalue weighted by Crippen LogP contribution is -2.25. The summed E-state index contributed by atoms with van der Waals surface area (Å²) in [5.41, 5.74) is 0. The minimum atomic E-state index is -0.183. The third-order valence-corrected chi connectivity index (χ3v) is 3.14. The second-order valence-corrected chi connectivity index (χ2v) is 4.30. The summed E-state index contributed by atoms with van der Waals surface area (Å²) in [7, 11) is 0. The molecule has 1 fully saturated rings. The van der Waals surface area contributed by atoms with Crippen LogP contribution < -0.4 is 4.74 Å². The molecular formula is C11H13BrO3. The zero-order chi connectivity index (χ0) is 10.7. The molecule has 0 saturated carbocycles. The molecule has 1 N–H and O–H groups in total. The summed E-state index contributed by atoms with van der Waals surface area (Å²) < 4.78 is 11.7. The molecule has 0 aromatic heterocycles. The van der Waals surface area contributed by atoms with Crippen LogP contribution in [0.1, 0.15) is 19.3 Å². The maximum Gasteiger partial charge on any atom is 0.199 e. The summed E-state index contributed by atoms with van der Waals surface area (Å²) in [5.74, 6) is 0.810. The van der Waals surface area contributed by atoms with Gasteiger partial charge in [0.1, 0.15) is 16.0 Å². The van der Waals surface area contributed by atoms with Crippen molar-refractivity contribution in [1.29, 1.82) is 0 Å². The molecule has 2 rings (SSSR count). The number of rotatable bonds is 2. The first-order valence-electron chi connectivity index (χ1n) is 5.03. The molecule has 1 heterocycles. The summed E-state index contributed by atoms with van der Waals surface area (Å²) in [6, 6.07) is 5.17. The van der Waals surface area contributed by atoms with Crippen molar-refractivity contribution in [2.45, 2.75) is 25.6 Å². The molecule has 1 aliphatic heterocycles. The van der Waals surface area contributed by atoms with E-state index < -0.39 is 0 Å². The first-order valence-corrected chi connectivity index (χ1v) is 5.82. The van der Waals surface area contributed by atoms with E-state index in [0.717, 1.165) is 25.9 Å². The highest BCUT2D eigenvalue weighted by Gasteiger charge is 2.17. The average Bonchev–Trinajstić information content (AvgIpc) is 2.26. The van der Waals surface area contributed by atoms with E-state index in [4.69, 9.17) is 9.47 Å². The average molecular weight is 273 g/mol. The van der Waals surface area contributed by atoms with Crippen LogP contribution in [0.25, 0.3) is 0 Å². The molecule has 1 aliphatic rings. The van der Waals surface area contributed by atoms with E-state index in [0.29, 0.717) is 10.2 Å². The molecule has 1 aromatic carbocycles. The van der Waals surface area contributed by atoms with E-state index in [1.807, 2.05) is 6.07 Å². The number of hydrogen-bond donors (Lipinski definition) is 1. The van der Waals surface area contributed by atoms with Crippen LogP contribution >= 0.6 is 15.9 Å². The van der Waals surface area contributed by atoms with Gasteiger partial charge in [-0.2, -0.15) is 0 Å². The largest absolute Gasteiger partial charge is 0.507 e. The zero-order valence-corrected chi connectivity index (χ0v) is 9.87. The monoisotopic (exact) mass is 272 g/mol. The summed E-state index contributed by atoms with van der Waals surface area (Å²) >= 11 is 3.28. The molecule has 0 bridgehead atoms. The van der Waals surface area contributed by atoms with Gasteiger partial charge in [0.05, 0.1) is 6.61 Å². The van der Waals surface area contributed by atoms with Gasteiger partial charge in [-0.05, 0) is 40.9 Å². The number of aromatic hydroxyl groups is 1. The number of halogens is 1. The number of benzene rings is 1. The maximum absolute atomic E-state index is 9.46. The third-order valence-electron chi connectivity index (χ3n) is 2.34. The molecule has 1 aromatic rings. The van der Waals surface area contributed by atoms with Crippen LogP contribution in [0.15, 0.2) is 22.7 Å². The van der Waals surface area contributed by atoms with E-state index in [2.05, 4.69) is 15.9 Å². The van der Waals surface area contributed by atoms with Crippen molar-refractivity contribution in [3.8, 4) is 11.5 Å². The van der Waals surface area contributed by atoms with Crippen molar-refractivity contribution in [3.05, 3.63) is 22.7 Å². The summed E-state index contributed by atoms with van der Waals surface area (Å²) in [5, 5.41) is 9.46. The Kier molecular flexibility index (Phi) is 3.49. The minimum Gasteiger partial charge on any atom is -0.507 e. The molecule has 1 atom stereocenters. The standard InChI is InChI=1S/C11H13BrO3/c12-11-8(13)4-3-5-9(11)15-10-6-1-2-7-14-10/h3-5,10,13H,1-2,6-7H2. The summed E-state index contributed by atoms with van der Waals surface area (Å²) in [6.45, 7) is 0.751. The highest BCUT2D eigenvalue weighted by atomic mass is 79.9. The van der Waals surface area contributed by atoms with E-state index in [1.165, 1.54) is 0 Å². The van der Waals surface area contributed by atoms with Gasteiger partial charge >= 0.3 is 0 Å². The van der Waals surface area contributed by atoms with Crippen LogP contribution in [0.2, 0.25) is 0 Å². The normalized spacial score (nSPS) is 21.3. The van der Waals surface area contributed by atoms with Gasteiger partial charge < -0.3 is 14.6 Å². The molecule has 1 unspecified atom stereocenters. The van der Waals surface area contributed by atoms with Crippen molar-refractivity contribution < 1.29 is 14.6 Å². The van der Waals surface area contributed by atoms with Gasteiger partial charge in [-0.15, -0.1) is 0 Å². The van der Waals surface area contributed by atoms with Crippen LogP contribution in [0.5, 0.6) is 11.5 Å². The Hall–Kier alpha value is -0.740. The minimum absolute atomic E-state index is 0.183. The maximum atomic E-state index is 9.46. The van der Waals surface area contributed by atoms with Gasteiger partial charge in [-0.25, -0.2) is 0 Å². The number of ether oxygens (including phenoxy) is 2. The fourth-order valence-corrected chi connectivity index (χ4v) is 1.89. The van der Waals surface area contributed by atoms with Crippen molar-refractivity contribution in [3.63, 3.8) is 0 Å². The molecule has 1 saturated heterocycles. The van der Waals surface area contributed by atoms with Gasteiger partial charge in [0.15, 0.2) is 6.29 Å². The number of hydrogen-bond acceptors (Lipinski definition) is 3. The molecule has 15 heavy (non-hydrogen) atoms. The van der Waals surface area contributed by atoms with Crippen LogP contribution in [-0.4, -0.2) is 18.0 Å². The Bertz CT molecular complexity index is 335. The fourth-order valence-electron chi connectivity index (χ4n) is 1.54. The van der Waals surface area contributed by atoms with Crippen LogP contribution in [0, 0.1) is 0 Å². The van der Waals surface area contributed by atoms with Gasteiger partial charge in [0, 0.05) is 6.42 Å². The topological polar surface area (TPSA) is 38.7 Å². The second-order valence-electron chi connectivity index (χ2n) is 3.50. The van der Waals surface area contributed by atoms with E-state index in [-0.39, 0.29) is 12.0 Å². The molecule has 0 spiro atoms. The quantitative estimate of drug-likeness (QED) is 0.900. The first kappa shape index (κ1) is 10.8. The number of phenolic OH excluding ortho intramolecular Hbond substituents is 1. The lowest BCUT2D eigenvalue weighted by atomic mass is 10.2. The molecular weight excluding hydrogens is 260 g/mol. The van der Waals surface area contributed by atoms with Crippen molar-refractivity contribution in [2.24, 2.45) is 0 Å². The summed E-state index contributed by atoms with van der Waals surface area (Å²) in [6.07, 6.45) is 2.95. The summed E-state index contributed by atoms with van der Waals surface area (Å²) in [4.78, 5) is 0. The molecule has 0 radical (unpaired) electrons. The molecule has 82 valence electrons. The lowest BCUT2D eigenvalue weighted by molar-refractivity contribution is -0.106. The Morgan fingerprint density at radius 3 is 3.00 bits per heavy atom. The SMILES string of the molecule is Oc1cccc(OC2CCCCO2)c1Br. The van der Waals surface area contributed by atoms with Crippen molar-refractivity contribution in [1.82, 2.24) is 0 Å². The molecule has 0 aliphatic carbocycles. The van der Waals surface area contributed by atoms with E-state index in [1.54, 1.807) is 12.1 Å². The fraction of sp³-hybridized carbons (Fsp3) is 0.455. The van der Waals surface area contributed by atoms with Crippen molar-refractivity contribution >= 4 is 15.9 Å².